The molecule has 0 aliphatic carbocycles. The molecule has 0 amide bonds. The van der Waals surface area contributed by atoms with Crippen LogP contribution in [0.5, 0.6) is 0 Å². The summed E-state index contributed by atoms with van der Waals surface area (Å²) in [6.07, 6.45) is 0.236. The van der Waals surface area contributed by atoms with Crippen molar-refractivity contribution in [2.75, 3.05) is 18.5 Å². The van der Waals surface area contributed by atoms with E-state index in [1.807, 2.05) is 27.8 Å². The highest BCUT2D eigenvalue weighted by Gasteiger charge is 2.14. The molecule has 0 spiro atoms. The van der Waals surface area contributed by atoms with Gasteiger partial charge in [-0.25, -0.2) is 0 Å². The van der Waals surface area contributed by atoms with Gasteiger partial charge in [0, 0.05) is 13.6 Å². The molecule has 0 atom stereocenters. The summed E-state index contributed by atoms with van der Waals surface area (Å²) in [5.41, 5.74) is 7.34. The molecule has 1 aromatic rings. The van der Waals surface area contributed by atoms with Gasteiger partial charge in [-0.3, -0.25) is 4.68 Å². The van der Waals surface area contributed by atoms with Gasteiger partial charge in [0.15, 0.2) is 0 Å². The molecule has 0 saturated heterocycles. The van der Waals surface area contributed by atoms with Gasteiger partial charge in [-0.15, -0.1) is 0 Å². The van der Waals surface area contributed by atoms with Gasteiger partial charge in [0.2, 0.25) is 0 Å². The van der Waals surface area contributed by atoms with Gasteiger partial charge in [0.1, 0.15) is 10.8 Å². The second kappa shape index (κ2) is 5.97. The number of aromatic nitrogens is 2. The maximum atomic E-state index is 5.69. The van der Waals surface area contributed by atoms with Gasteiger partial charge in [0.05, 0.1) is 24.0 Å². The van der Waals surface area contributed by atoms with Crippen LogP contribution >= 0.6 is 12.2 Å². The highest BCUT2D eigenvalue weighted by atomic mass is 32.1. The minimum absolute atomic E-state index is 0.236. The van der Waals surface area contributed by atoms with Crippen LogP contribution in [0.15, 0.2) is 0 Å². The normalized spacial score (nSPS) is 10.9. The molecule has 6 heteroatoms. The van der Waals surface area contributed by atoms with E-state index in [0.717, 1.165) is 17.1 Å². The third-order valence-corrected chi connectivity index (χ3v) is 2.52. The van der Waals surface area contributed by atoms with Crippen molar-refractivity contribution >= 4 is 23.0 Å². The Balaban J connectivity index is 2.67. The Morgan fingerprint density at radius 1 is 1.59 bits per heavy atom. The van der Waals surface area contributed by atoms with Gasteiger partial charge in [-0.2, -0.15) is 5.10 Å². The molecule has 1 rings (SSSR count). The van der Waals surface area contributed by atoms with Crippen molar-refractivity contribution in [2.45, 2.75) is 26.9 Å². The van der Waals surface area contributed by atoms with Crippen molar-refractivity contribution in [2.24, 2.45) is 12.8 Å². The second-order valence-corrected chi connectivity index (χ2v) is 4.58. The molecule has 17 heavy (non-hydrogen) atoms. The first-order valence-corrected chi connectivity index (χ1v) is 6.03. The predicted molar refractivity (Wildman–Crippen MR) is 73.4 cm³/mol. The Hall–Kier alpha value is -1.14. The standard InChI is InChI=1S/C11H20N4OS/c1-7(2)16-6-5-13-11-9(10(12)17)8(3)14-15(11)4/h7,13H,5-6H2,1-4H3,(H2,12,17). The molecular weight excluding hydrogens is 236 g/mol. The summed E-state index contributed by atoms with van der Waals surface area (Å²) in [5.74, 6) is 0.849. The van der Waals surface area contributed by atoms with Crippen molar-refractivity contribution in [3.05, 3.63) is 11.3 Å². The second-order valence-electron chi connectivity index (χ2n) is 4.14. The molecule has 0 unspecified atom stereocenters. The molecule has 0 radical (unpaired) electrons. The lowest BCUT2D eigenvalue weighted by molar-refractivity contribution is 0.0870. The molecule has 0 aromatic carbocycles. The van der Waals surface area contributed by atoms with Gasteiger partial charge >= 0.3 is 0 Å². The largest absolute Gasteiger partial charge is 0.389 e. The molecule has 1 aromatic heterocycles. The van der Waals surface area contributed by atoms with Crippen molar-refractivity contribution in [1.82, 2.24) is 9.78 Å². The minimum atomic E-state index is 0.236. The van der Waals surface area contributed by atoms with Gasteiger partial charge < -0.3 is 15.8 Å². The Morgan fingerprint density at radius 2 is 2.24 bits per heavy atom. The lowest BCUT2D eigenvalue weighted by atomic mass is 10.2. The molecule has 0 bridgehead atoms. The van der Waals surface area contributed by atoms with E-state index in [1.54, 1.807) is 4.68 Å². The number of aryl methyl sites for hydroxylation is 2. The van der Waals surface area contributed by atoms with E-state index in [-0.39, 0.29) is 6.10 Å². The molecule has 5 nitrogen and oxygen atoms in total. The number of hydrogen-bond donors (Lipinski definition) is 2. The lowest BCUT2D eigenvalue weighted by Gasteiger charge is -2.11. The van der Waals surface area contributed by atoms with Crippen LogP contribution in [0, 0.1) is 6.92 Å². The Labute approximate surface area is 107 Å². The van der Waals surface area contributed by atoms with E-state index in [9.17, 15) is 0 Å². The van der Waals surface area contributed by atoms with Gasteiger partial charge in [0.25, 0.3) is 0 Å². The van der Waals surface area contributed by atoms with Gasteiger partial charge in [-0.1, -0.05) is 12.2 Å². The van der Waals surface area contributed by atoms with Crippen LogP contribution in [0.4, 0.5) is 5.82 Å². The summed E-state index contributed by atoms with van der Waals surface area (Å²) in [6, 6.07) is 0. The van der Waals surface area contributed by atoms with Crippen LogP contribution in [0.2, 0.25) is 0 Å². The van der Waals surface area contributed by atoms with Crippen molar-refractivity contribution in [3.8, 4) is 0 Å². The summed E-state index contributed by atoms with van der Waals surface area (Å²) >= 11 is 5.02. The number of rotatable bonds is 6. The highest BCUT2D eigenvalue weighted by molar-refractivity contribution is 7.80. The van der Waals surface area contributed by atoms with Crippen molar-refractivity contribution in [3.63, 3.8) is 0 Å². The Bertz CT molecular complexity index is 400. The molecule has 3 N–H and O–H groups in total. The SMILES string of the molecule is Cc1nn(C)c(NCCOC(C)C)c1C(N)=S. The maximum absolute atomic E-state index is 5.69. The topological polar surface area (TPSA) is 65.1 Å². The fourth-order valence-electron chi connectivity index (χ4n) is 1.62. The summed E-state index contributed by atoms with van der Waals surface area (Å²) in [7, 11) is 1.86. The van der Waals surface area contributed by atoms with Crippen LogP contribution in [-0.2, 0) is 11.8 Å². The summed E-state index contributed by atoms with van der Waals surface area (Å²) in [4.78, 5) is 0.364. The molecule has 1 heterocycles. The Kier molecular flexibility index (Phi) is 4.89. The fourth-order valence-corrected chi connectivity index (χ4v) is 1.86. The van der Waals surface area contributed by atoms with Crippen LogP contribution in [0.25, 0.3) is 0 Å². The van der Waals surface area contributed by atoms with E-state index >= 15 is 0 Å². The number of nitrogens with zero attached hydrogens (tertiary/aromatic N) is 2. The number of ether oxygens (including phenoxy) is 1. The minimum Gasteiger partial charge on any atom is -0.389 e. The van der Waals surface area contributed by atoms with Crippen molar-refractivity contribution in [1.29, 1.82) is 0 Å². The van der Waals surface area contributed by atoms with E-state index in [4.69, 9.17) is 22.7 Å². The van der Waals surface area contributed by atoms with Crippen molar-refractivity contribution < 1.29 is 4.74 Å². The number of nitrogens with one attached hydrogen (secondary N) is 1. The molecule has 0 aliphatic heterocycles. The van der Waals surface area contributed by atoms with Crippen LogP contribution in [-0.4, -0.2) is 34.0 Å². The average molecular weight is 256 g/mol. The zero-order chi connectivity index (χ0) is 13.0. The molecule has 0 saturated carbocycles. The third kappa shape index (κ3) is 3.67. The highest BCUT2D eigenvalue weighted by Crippen LogP contribution is 2.18. The summed E-state index contributed by atoms with van der Waals surface area (Å²) in [5, 5.41) is 7.54. The Morgan fingerprint density at radius 3 is 2.76 bits per heavy atom. The summed E-state index contributed by atoms with van der Waals surface area (Å²) in [6.45, 7) is 7.25. The predicted octanol–water partition coefficient (Wildman–Crippen LogP) is 1.20. The zero-order valence-corrected chi connectivity index (χ0v) is 11.6. The third-order valence-electron chi connectivity index (χ3n) is 2.31. The lowest BCUT2D eigenvalue weighted by Crippen LogP contribution is -2.18. The molecule has 96 valence electrons. The fraction of sp³-hybridized carbons (Fsp3) is 0.636. The van der Waals surface area contributed by atoms with E-state index in [1.165, 1.54) is 0 Å². The first-order chi connectivity index (χ1) is 7.93. The van der Waals surface area contributed by atoms with Gasteiger partial charge in [-0.05, 0) is 20.8 Å². The number of hydrogen-bond acceptors (Lipinski definition) is 4. The number of anilines is 1. The smallest absolute Gasteiger partial charge is 0.134 e. The quantitative estimate of drug-likeness (QED) is 0.591. The molecule has 0 aliphatic rings. The first-order valence-electron chi connectivity index (χ1n) is 5.62. The van der Waals surface area contributed by atoms with Crippen LogP contribution in [0.1, 0.15) is 25.1 Å². The van der Waals surface area contributed by atoms with E-state index < -0.39 is 0 Å². The number of nitrogens with two attached hydrogens (primary N) is 1. The maximum Gasteiger partial charge on any atom is 0.134 e. The number of thiocarbonyl (C=S) groups is 1. The molecular formula is C11H20N4OS. The van der Waals surface area contributed by atoms with E-state index in [0.29, 0.717) is 18.1 Å². The average Bonchev–Trinajstić information content (AvgIpc) is 2.48. The monoisotopic (exact) mass is 256 g/mol. The van der Waals surface area contributed by atoms with Crippen LogP contribution in [0.3, 0.4) is 0 Å². The zero-order valence-electron chi connectivity index (χ0n) is 10.8. The molecule has 0 fully saturated rings. The first kappa shape index (κ1) is 13.9. The van der Waals surface area contributed by atoms with E-state index in [2.05, 4.69) is 10.4 Å². The summed E-state index contributed by atoms with van der Waals surface area (Å²) < 4.78 is 7.20. The van der Waals surface area contributed by atoms with Crippen LogP contribution < -0.4 is 11.1 Å².